The fourth-order valence-corrected chi connectivity index (χ4v) is 2.31. The lowest BCUT2D eigenvalue weighted by molar-refractivity contribution is -0.117. The molecule has 0 N–H and O–H groups in total. The molecular weight excluding hydrogens is 310 g/mol. The van der Waals surface area contributed by atoms with E-state index in [9.17, 15) is 4.79 Å². The number of benzene rings is 1. The molecule has 5 heteroatoms. The van der Waals surface area contributed by atoms with Gasteiger partial charge < -0.3 is 0 Å². The van der Waals surface area contributed by atoms with Crippen molar-refractivity contribution in [1.29, 1.82) is 0 Å². The van der Waals surface area contributed by atoms with E-state index in [-0.39, 0.29) is 24.4 Å². The lowest BCUT2D eigenvalue weighted by Crippen LogP contribution is -2.15. The van der Waals surface area contributed by atoms with Gasteiger partial charge in [0.2, 0.25) is 0 Å². The molecule has 118 valence electrons. The first kappa shape index (κ1) is 16.9. The summed E-state index contributed by atoms with van der Waals surface area (Å²) in [5.41, 5.74) is 0.965. The number of aromatic nitrogens is 2. The average molecular weight is 328 g/mol. The van der Waals surface area contributed by atoms with Gasteiger partial charge in [-0.25, -0.2) is 4.99 Å². The zero-order valence-electron chi connectivity index (χ0n) is 12.6. The van der Waals surface area contributed by atoms with Crippen LogP contribution in [0.2, 0.25) is 0 Å². The molecule has 0 radical (unpaired) electrons. The van der Waals surface area contributed by atoms with Crippen LogP contribution in [0.5, 0.6) is 0 Å². The van der Waals surface area contributed by atoms with Crippen LogP contribution in [0, 0.1) is 0 Å². The Bertz CT molecular complexity index is 746. The van der Waals surface area contributed by atoms with E-state index in [0.717, 1.165) is 12.0 Å². The van der Waals surface area contributed by atoms with Crippen molar-refractivity contribution in [2.24, 2.45) is 4.99 Å². The Labute approximate surface area is 141 Å². The molecule has 0 fully saturated rings. The topological polar surface area (TPSA) is 47.2 Å². The summed E-state index contributed by atoms with van der Waals surface area (Å²) in [7, 11) is 0. The summed E-state index contributed by atoms with van der Waals surface area (Å²) < 4.78 is 1.84. The lowest BCUT2D eigenvalue weighted by atomic mass is 10.1. The molecule has 0 atom stereocenters. The molecule has 1 aliphatic rings. The van der Waals surface area contributed by atoms with Crippen LogP contribution in [0.15, 0.2) is 78.1 Å². The first-order chi connectivity index (χ1) is 10.8. The highest BCUT2D eigenvalue weighted by Crippen LogP contribution is 2.12. The van der Waals surface area contributed by atoms with E-state index < -0.39 is 0 Å². The first-order valence-electron chi connectivity index (χ1n) is 7.30. The van der Waals surface area contributed by atoms with E-state index >= 15 is 0 Å². The van der Waals surface area contributed by atoms with Crippen molar-refractivity contribution in [3.8, 4) is 0 Å². The highest BCUT2D eigenvalue weighted by Gasteiger charge is 2.04. The number of halogens is 1. The SMILES string of the molecule is Cl.O=C(Cc1ccccc1)N=c1ccn(C2C=CCC=C2)nc1. The van der Waals surface area contributed by atoms with Gasteiger partial charge in [-0.2, -0.15) is 5.10 Å². The molecule has 0 saturated heterocycles. The summed E-state index contributed by atoms with van der Waals surface area (Å²) in [6.45, 7) is 0. The molecule has 23 heavy (non-hydrogen) atoms. The normalized spacial score (nSPS) is 14.5. The van der Waals surface area contributed by atoms with Crippen molar-refractivity contribution in [3.05, 3.63) is 84.0 Å². The molecule has 1 aromatic heterocycles. The third kappa shape index (κ3) is 4.76. The predicted molar refractivity (Wildman–Crippen MR) is 92.1 cm³/mol. The van der Waals surface area contributed by atoms with Gasteiger partial charge in [0.05, 0.1) is 24.0 Å². The van der Waals surface area contributed by atoms with Gasteiger partial charge in [-0.1, -0.05) is 54.6 Å². The Morgan fingerprint density at radius 2 is 1.91 bits per heavy atom. The van der Waals surface area contributed by atoms with Crippen LogP contribution in [0.1, 0.15) is 18.0 Å². The van der Waals surface area contributed by atoms with Crippen LogP contribution < -0.4 is 5.36 Å². The van der Waals surface area contributed by atoms with Crippen molar-refractivity contribution >= 4 is 18.3 Å². The molecule has 1 amide bonds. The summed E-state index contributed by atoms with van der Waals surface area (Å²) >= 11 is 0. The zero-order chi connectivity index (χ0) is 15.2. The molecule has 2 aromatic rings. The highest BCUT2D eigenvalue weighted by atomic mass is 35.5. The fourth-order valence-electron chi connectivity index (χ4n) is 2.31. The van der Waals surface area contributed by atoms with Crippen LogP contribution in [0.25, 0.3) is 0 Å². The van der Waals surface area contributed by atoms with Crippen LogP contribution in [0.3, 0.4) is 0 Å². The predicted octanol–water partition coefficient (Wildman–Crippen LogP) is 3.03. The maximum atomic E-state index is 11.9. The molecule has 0 bridgehead atoms. The summed E-state index contributed by atoms with van der Waals surface area (Å²) in [5.74, 6) is -0.164. The van der Waals surface area contributed by atoms with Crippen LogP contribution in [-0.2, 0) is 11.2 Å². The molecule has 1 aliphatic carbocycles. The van der Waals surface area contributed by atoms with Gasteiger partial charge in [0, 0.05) is 6.20 Å². The van der Waals surface area contributed by atoms with Gasteiger partial charge >= 0.3 is 0 Å². The third-order valence-corrected chi connectivity index (χ3v) is 3.42. The number of allylic oxidation sites excluding steroid dienone is 4. The molecule has 1 aromatic carbocycles. The molecule has 0 unspecified atom stereocenters. The van der Waals surface area contributed by atoms with E-state index in [4.69, 9.17) is 0 Å². The van der Waals surface area contributed by atoms with Crippen molar-refractivity contribution in [1.82, 2.24) is 9.78 Å². The van der Waals surface area contributed by atoms with Crippen molar-refractivity contribution in [2.45, 2.75) is 18.9 Å². The van der Waals surface area contributed by atoms with E-state index in [1.165, 1.54) is 0 Å². The maximum absolute atomic E-state index is 11.9. The zero-order valence-corrected chi connectivity index (χ0v) is 13.4. The number of nitrogens with zero attached hydrogens (tertiary/aromatic N) is 3. The van der Waals surface area contributed by atoms with E-state index in [0.29, 0.717) is 11.8 Å². The fraction of sp³-hybridized carbons (Fsp3) is 0.167. The Kier molecular flexibility index (Phi) is 6.06. The van der Waals surface area contributed by atoms with Crippen molar-refractivity contribution in [2.75, 3.05) is 0 Å². The summed E-state index contributed by atoms with van der Waals surface area (Å²) in [6, 6.07) is 11.6. The lowest BCUT2D eigenvalue weighted by Gasteiger charge is -2.13. The van der Waals surface area contributed by atoms with Crippen LogP contribution in [0.4, 0.5) is 0 Å². The minimum Gasteiger partial charge on any atom is -0.272 e. The maximum Gasteiger partial charge on any atom is 0.250 e. The van der Waals surface area contributed by atoms with Gasteiger partial charge in [-0.3, -0.25) is 9.48 Å². The Morgan fingerprint density at radius 3 is 2.57 bits per heavy atom. The van der Waals surface area contributed by atoms with Crippen molar-refractivity contribution < 1.29 is 4.79 Å². The molecule has 0 aliphatic heterocycles. The Balaban J connectivity index is 0.00000192. The number of hydrogen-bond acceptors (Lipinski definition) is 2. The van der Waals surface area contributed by atoms with Gasteiger partial charge in [-0.05, 0) is 18.1 Å². The van der Waals surface area contributed by atoms with E-state index in [2.05, 4.69) is 34.4 Å². The molecule has 0 saturated carbocycles. The quantitative estimate of drug-likeness (QED) is 0.813. The summed E-state index contributed by atoms with van der Waals surface area (Å²) in [4.78, 5) is 16.0. The number of carbonyl (C=O) groups excluding carboxylic acids is 1. The summed E-state index contributed by atoms with van der Waals surface area (Å²) in [6.07, 6.45) is 13.2. The van der Waals surface area contributed by atoms with Crippen molar-refractivity contribution in [3.63, 3.8) is 0 Å². The minimum absolute atomic E-state index is 0. The first-order valence-corrected chi connectivity index (χ1v) is 7.30. The number of rotatable bonds is 3. The number of hydrogen-bond donors (Lipinski definition) is 0. The molecular formula is C18H18ClN3O. The molecule has 3 rings (SSSR count). The molecule has 0 spiro atoms. The highest BCUT2D eigenvalue weighted by molar-refractivity contribution is 5.85. The number of amides is 1. The largest absolute Gasteiger partial charge is 0.272 e. The third-order valence-electron chi connectivity index (χ3n) is 3.42. The van der Waals surface area contributed by atoms with Gasteiger partial charge in [0.25, 0.3) is 5.91 Å². The molecule has 1 heterocycles. The van der Waals surface area contributed by atoms with Crippen LogP contribution in [-0.4, -0.2) is 15.7 Å². The van der Waals surface area contributed by atoms with Gasteiger partial charge in [0.15, 0.2) is 0 Å². The Hall–Kier alpha value is -2.46. The van der Waals surface area contributed by atoms with Gasteiger partial charge in [0.1, 0.15) is 0 Å². The molecule has 4 nitrogen and oxygen atoms in total. The van der Waals surface area contributed by atoms with Crippen LogP contribution >= 0.6 is 12.4 Å². The van der Waals surface area contributed by atoms with E-state index in [1.54, 1.807) is 6.20 Å². The smallest absolute Gasteiger partial charge is 0.250 e. The van der Waals surface area contributed by atoms with Gasteiger partial charge in [-0.15, -0.1) is 12.4 Å². The Morgan fingerprint density at radius 1 is 1.17 bits per heavy atom. The second kappa shape index (κ2) is 8.25. The second-order valence-electron chi connectivity index (χ2n) is 5.12. The number of carbonyl (C=O) groups is 1. The second-order valence-corrected chi connectivity index (χ2v) is 5.12. The minimum atomic E-state index is -0.164. The summed E-state index contributed by atoms with van der Waals surface area (Å²) in [5, 5.41) is 4.91. The monoisotopic (exact) mass is 327 g/mol. The standard InChI is InChI=1S/C18H17N3O.ClH/c22-18(13-15-7-3-1-4-8-15)20-16-11-12-21(19-14-16)17-9-5-2-6-10-17;/h1,3-12,14,17H,2,13H2;1H. The van der Waals surface area contributed by atoms with E-state index in [1.807, 2.05) is 47.3 Å². The average Bonchev–Trinajstić information content (AvgIpc) is 2.57.